The summed E-state index contributed by atoms with van der Waals surface area (Å²) in [6.07, 6.45) is 6.20. The second kappa shape index (κ2) is 6.06. The van der Waals surface area contributed by atoms with E-state index in [1.54, 1.807) is 0 Å². The molecule has 2 heterocycles. The summed E-state index contributed by atoms with van der Waals surface area (Å²) in [5, 5.41) is 9.42. The summed E-state index contributed by atoms with van der Waals surface area (Å²) in [4.78, 5) is 6.87. The van der Waals surface area contributed by atoms with E-state index >= 15 is 0 Å². The van der Waals surface area contributed by atoms with Gasteiger partial charge in [0.05, 0.1) is 16.9 Å². The Morgan fingerprint density at radius 3 is 2.89 bits per heavy atom. The van der Waals surface area contributed by atoms with E-state index in [-0.39, 0.29) is 0 Å². The number of anilines is 1. The SMILES string of the molecule is CCCC1CCCCN1c1cc(C)nc(C)c1C#N. The number of hydrogen-bond donors (Lipinski definition) is 0. The van der Waals surface area contributed by atoms with E-state index in [4.69, 9.17) is 0 Å². The maximum absolute atomic E-state index is 9.42. The third-order valence-corrected chi connectivity index (χ3v) is 3.98. The van der Waals surface area contributed by atoms with E-state index < -0.39 is 0 Å². The number of rotatable bonds is 3. The lowest BCUT2D eigenvalue weighted by Gasteiger charge is -2.38. The molecule has 3 nitrogen and oxygen atoms in total. The molecule has 0 spiro atoms. The molecule has 0 amide bonds. The highest BCUT2D eigenvalue weighted by atomic mass is 15.2. The van der Waals surface area contributed by atoms with Gasteiger partial charge in [-0.05, 0) is 45.6 Å². The zero-order valence-corrected chi connectivity index (χ0v) is 12.2. The van der Waals surface area contributed by atoms with Crippen LogP contribution in [0.25, 0.3) is 0 Å². The molecule has 1 unspecified atom stereocenters. The van der Waals surface area contributed by atoms with Crippen LogP contribution in [0.5, 0.6) is 0 Å². The van der Waals surface area contributed by atoms with Crippen LogP contribution in [-0.4, -0.2) is 17.6 Å². The summed E-state index contributed by atoms with van der Waals surface area (Å²) in [6.45, 7) is 7.26. The fourth-order valence-corrected chi connectivity index (χ4v) is 3.12. The molecule has 2 rings (SSSR count). The van der Waals surface area contributed by atoms with Crippen LogP contribution in [0.1, 0.15) is 56.0 Å². The van der Waals surface area contributed by atoms with Gasteiger partial charge in [0.25, 0.3) is 0 Å². The first-order valence-corrected chi connectivity index (χ1v) is 7.32. The fraction of sp³-hybridized carbons (Fsp3) is 0.625. The first-order chi connectivity index (χ1) is 9.17. The molecule has 1 aliphatic rings. The minimum absolute atomic E-state index is 0.590. The number of nitriles is 1. The second-order valence-corrected chi connectivity index (χ2v) is 5.49. The zero-order chi connectivity index (χ0) is 13.8. The van der Waals surface area contributed by atoms with Crippen LogP contribution in [0, 0.1) is 25.2 Å². The van der Waals surface area contributed by atoms with Crippen molar-refractivity contribution in [3.05, 3.63) is 23.0 Å². The molecule has 0 aliphatic carbocycles. The van der Waals surface area contributed by atoms with Crippen LogP contribution < -0.4 is 4.90 Å². The van der Waals surface area contributed by atoms with Crippen molar-refractivity contribution in [2.45, 2.75) is 58.9 Å². The van der Waals surface area contributed by atoms with Crippen molar-refractivity contribution in [3.63, 3.8) is 0 Å². The van der Waals surface area contributed by atoms with Gasteiger partial charge in [-0.3, -0.25) is 4.98 Å². The number of pyridine rings is 1. The standard InChI is InChI=1S/C16H23N3/c1-4-7-14-8-5-6-9-19(14)16-10-12(2)18-13(3)15(16)11-17/h10,14H,4-9H2,1-3H3. The van der Waals surface area contributed by atoms with Gasteiger partial charge in [0, 0.05) is 18.3 Å². The van der Waals surface area contributed by atoms with Gasteiger partial charge < -0.3 is 4.90 Å². The Balaban J connectivity index is 2.41. The molecule has 1 aliphatic heterocycles. The predicted octanol–water partition coefficient (Wildman–Crippen LogP) is 3.73. The molecular formula is C16H23N3. The molecule has 1 atom stereocenters. The van der Waals surface area contributed by atoms with Crippen molar-refractivity contribution in [2.75, 3.05) is 11.4 Å². The number of aromatic nitrogens is 1. The van der Waals surface area contributed by atoms with Crippen molar-refractivity contribution in [3.8, 4) is 6.07 Å². The van der Waals surface area contributed by atoms with E-state index in [0.717, 1.165) is 29.2 Å². The molecule has 0 aromatic carbocycles. The Kier molecular flexibility index (Phi) is 4.42. The second-order valence-electron chi connectivity index (χ2n) is 5.49. The Bertz CT molecular complexity index is 486. The van der Waals surface area contributed by atoms with Gasteiger partial charge in [-0.25, -0.2) is 0 Å². The molecule has 19 heavy (non-hydrogen) atoms. The van der Waals surface area contributed by atoms with Crippen molar-refractivity contribution in [2.24, 2.45) is 0 Å². The van der Waals surface area contributed by atoms with E-state index in [0.29, 0.717) is 6.04 Å². The highest BCUT2D eigenvalue weighted by molar-refractivity contribution is 5.62. The normalized spacial score (nSPS) is 19.3. The van der Waals surface area contributed by atoms with Crippen LogP contribution in [0.2, 0.25) is 0 Å². The third kappa shape index (κ3) is 2.89. The molecular weight excluding hydrogens is 234 g/mol. The van der Waals surface area contributed by atoms with Crippen LogP contribution >= 0.6 is 0 Å². The summed E-state index contributed by atoms with van der Waals surface area (Å²) in [5.41, 5.74) is 3.73. The minimum atomic E-state index is 0.590. The number of hydrogen-bond acceptors (Lipinski definition) is 3. The van der Waals surface area contributed by atoms with Gasteiger partial charge in [0.15, 0.2) is 0 Å². The lowest BCUT2D eigenvalue weighted by molar-refractivity contribution is 0.434. The van der Waals surface area contributed by atoms with Gasteiger partial charge in [-0.2, -0.15) is 5.26 Å². The molecule has 1 fully saturated rings. The topological polar surface area (TPSA) is 39.9 Å². The molecule has 1 saturated heterocycles. The van der Waals surface area contributed by atoms with E-state index in [1.807, 2.05) is 13.8 Å². The highest BCUT2D eigenvalue weighted by Gasteiger charge is 2.24. The average Bonchev–Trinajstić information content (AvgIpc) is 2.39. The Morgan fingerprint density at radius 2 is 2.21 bits per heavy atom. The monoisotopic (exact) mass is 257 g/mol. The number of nitrogens with zero attached hydrogens (tertiary/aromatic N) is 3. The zero-order valence-electron chi connectivity index (χ0n) is 12.2. The molecule has 0 bridgehead atoms. The van der Waals surface area contributed by atoms with Gasteiger partial charge in [-0.1, -0.05) is 13.3 Å². The van der Waals surface area contributed by atoms with Crippen LogP contribution in [0.3, 0.4) is 0 Å². The Morgan fingerprint density at radius 1 is 1.42 bits per heavy atom. The minimum Gasteiger partial charge on any atom is -0.367 e. The van der Waals surface area contributed by atoms with E-state index in [1.165, 1.54) is 32.1 Å². The molecule has 0 radical (unpaired) electrons. The van der Waals surface area contributed by atoms with Crippen molar-refractivity contribution in [1.82, 2.24) is 4.98 Å². The van der Waals surface area contributed by atoms with Gasteiger partial charge in [0.2, 0.25) is 0 Å². The fourth-order valence-electron chi connectivity index (χ4n) is 3.12. The number of piperidine rings is 1. The Hall–Kier alpha value is -1.56. The van der Waals surface area contributed by atoms with Gasteiger partial charge in [-0.15, -0.1) is 0 Å². The van der Waals surface area contributed by atoms with Crippen LogP contribution in [-0.2, 0) is 0 Å². The van der Waals surface area contributed by atoms with Crippen molar-refractivity contribution < 1.29 is 0 Å². The van der Waals surface area contributed by atoms with Crippen LogP contribution in [0.15, 0.2) is 6.07 Å². The molecule has 102 valence electrons. The molecule has 0 N–H and O–H groups in total. The van der Waals surface area contributed by atoms with Crippen molar-refractivity contribution >= 4 is 5.69 Å². The smallest absolute Gasteiger partial charge is 0.103 e. The quantitative estimate of drug-likeness (QED) is 0.828. The maximum atomic E-state index is 9.42. The van der Waals surface area contributed by atoms with Gasteiger partial charge >= 0.3 is 0 Å². The van der Waals surface area contributed by atoms with Crippen molar-refractivity contribution in [1.29, 1.82) is 5.26 Å². The molecule has 3 heteroatoms. The van der Waals surface area contributed by atoms with E-state index in [9.17, 15) is 5.26 Å². The summed E-state index contributed by atoms with van der Waals surface area (Å²) >= 11 is 0. The average molecular weight is 257 g/mol. The summed E-state index contributed by atoms with van der Waals surface area (Å²) in [6, 6.07) is 5.02. The largest absolute Gasteiger partial charge is 0.367 e. The van der Waals surface area contributed by atoms with Crippen LogP contribution in [0.4, 0.5) is 5.69 Å². The highest BCUT2D eigenvalue weighted by Crippen LogP contribution is 2.31. The third-order valence-electron chi connectivity index (χ3n) is 3.98. The first kappa shape index (κ1) is 13.9. The summed E-state index contributed by atoms with van der Waals surface area (Å²) < 4.78 is 0. The van der Waals surface area contributed by atoms with Gasteiger partial charge in [0.1, 0.15) is 6.07 Å². The molecule has 0 saturated carbocycles. The summed E-state index contributed by atoms with van der Waals surface area (Å²) in [7, 11) is 0. The predicted molar refractivity (Wildman–Crippen MR) is 78.3 cm³/mol. The molecule has 1 aromatic heterocycles. The molecule has 1 aromatic rings. The summed E-state index contributed by atoms with van der Waals surface area (Å²) in [5.74, 6) is 0. The first-order valence-electron chi connectivity index (χ1n) is 7.32. The number of aryl methyl sites for hydroxylation is 2. The lowest BCUT2D eigenvalue weighted by atomic mass is 9.96. The van der Waals surface area contributed by atoms with E-state index in [2.05, 4.69) is 28.9 Å². The Labute approximate surface area is 116 Å². The lowest BCUT2D eigenvalue weighted by Crippen LogP contribution is -2.40. The maximum Gasteiger partial charge on any atom is 0.103 e.